The number of halogens is 1. The summed E-state index contributed by atoms with van der Waals surface area (Å²) in [6.45, 7) is 4.95. The van der Waals surface area contributed by atoms with Crippen molar-refractivity contribution in [3.05, 3.63) is 0 Å². The van der Waals surface area contributed by atoms with E-state index in [1.54, 1.807) is 0 Å². The molecule has 1 saturated heterocycles. The maximum atomic E-state index is 12.1. The maximum Gasteiger partial charge on any atom is 0.413 e. The van der Waals surface area contributed by atoms with Gasteiger partial charge in [-0.15, -0.1) is 11.6 Å². The molecule has 0 aliphatic carbocycles. The highest BCUT2D eigenvalue weighted by molar-refractivity contribution is 6.18. The summed E-state index contributed by atoms with van der Waals surface area (Å²) < 4.78 is 21.0. The van der Waals surface area contributed by atoms with E-state index in [2.05, 4.69) is 0 Å². The van der Waals surface area contributed by atoms with Crippen LogP contribution in [0.25, 0.3) is 0 Å². The second-order valence-corrected chi connectivity index (χ2v) is 5.70. The Kier molecular flexibility index (Phi) is 8.84. The third-order valence-corrected chi connectivity index (χ3v) is 3.55. The number of alkyl halides is 1. The van der Waals surface area contributed by atoms with Crippen molar-refractivity contribution in [2.75, 3.05) is 19.2 Å². The number of carbonyl (C=O) groups excluding carboxylic acids is 3. The molecule has 0 spiro atoms. The second kappa shape index (κ2) is 10.4. The summed E-state index contributed by atoms with van der Waals surface area (Å²) >= 11 is 5.73. The molecule has 138 valence electrons. The first-order chi connectivity index (χ1) is 11.3. The lowest BCUT2D eigenvalue weighted by atomic mass is 10.1. The van der Waals surface area contributed by atoms with E-state index in [-0.39, 0.29) is 19.0 Å². The van der Waals surface area contributed by atoms with Crippen LogP contribution in [-0.2, 0) is 28.5 Å². The average Bonchev–Trinajstić information content (AvgIpc) is 2.49. The van der Waals surface area contributed by atoms with Crippen molar-refractivity contribution in [1.29, 1.82) is 0 Å². The van der Waals surface area contributed by atoms with Gasteiger partial charge in [0.1, 0.15) is 12.7 Å². The lowest BCUT2D eigenvalue weighted by molar-refractivity contribution is -0.211. The summed E-state index contributed by atoms with van der Waals surface area (Å²) in [5.41, 5.74) is 0. The molecule has 0 N–H and O–H groups in total. The van der Waals surface area contributed by atoms with Gasteiger partial charge in [-0.25, -0.2) is 4.79 Å². The lowest BCUT2D eigenvalue weighted by Gasteiger charge is -2.34. The van der Waals surface area contributed by atoms with Crippen LogP contribution in [0.4, 0.5) is 4.79 Å². The van der Waals surface area contributed by atoms with Crippen molar-refractivity contribution in [3.63, 3.8) is 0 Å². The number of hydrogen-bond donors (Lipinski definition) is 0. The zero-order valence-electron chi connectivity index (χ0n) is 14.2. The molecule has 1 amide bonds. The van der Waals surface area contributed by atoms with Gasteiger partial charge in [0.15, 0.2) is 0 Å². The van der Waals surface area contributed by atoms with Gasteiger partial charge >= 0.3 is 18.0 Å². The molecule has 9 heteroatoms. The van der Waals surface area contributed by atoms with Crippen LogP contribution < -0.4 is 0 Å². The molecule has 1 aliphatic rings. The van der Waals surface area contributed by atoms with Crippen molar-refractivity contribution in [2.45, 2.75) is 58.5 Å². The van der Waals surface area contributed by atoms with E-state index in [0.717, 1.165) is 6.42 Å². The highest BCUT2D eigenvalue weighted by Gasteiger charge is 2.35. The van der Waals surface area contributed by atoms with Crippen LogP contribution >= 0.6 is 11.6 Å². The number of esters is 2. The smallest absolute Gasteiger partial charge is 0.413 e. The molecule has 0 bridgehead atoms. The summed E-state index contributed by atoms with van der Waals surface area (Å²) in [7, 11) is 0. The summed E-state index contributed by atoms with van der Waals surface area (Å²) in [6, 6.07) is 0.00362. The summed E-state index contributed by atoms with van der Waals surface area (Å²) in [4.78, 5) is 35.5. The number of carbonyl (C=O) groups is 3. The normalized spacial score (nSPS) is 23.2. The van der Waals surface area contributed by atoms with Gasteiger partial charge in [-0.1, -0.05) is 6.92 Å². The van der Waals surface area contributed by atoms with E-state index in [1.165, 1.54) is 18.7 Å². The number of nitrogens with zero attached hydrogens (tertiary/aromatic N) is 1. The first kappa shape index (κ1) is 20.5. The monoisotopic (exact) mass is 365 g/mol. The van der Waals surface area contributed by atoms with Gasteiger partial charge in [0.25, 0.3) is 0 Å². The van der Waals surface area contributed by atoms with Gasteiger partial charge in [0, 0.05) is 33.2 Å². The number of amides is 1. The number of ether oxygens (including phenoxy) is 4. The van der Waals surface area contributed by atoms with Crippen LogP contribution in [0.5, 0.6) is 0 Å². The molecule has 8 nitrogen and oxygen atoms in total. The molecule has 0 radical (unpaired) electrons. The van der Waals surface area contributed by atoms with E-state index in [9.17, 15) is 14.4 Å². The fraction of sp³-hybridized carbons (Fsp3) is 0.800. The molecular formula is C15H24ClNO7. The predicted molar refractivity (Wildman–Crippen MR) is 84.3 cm³/mol. The minimum atomic E-state index is -0.904. The van der Waals surface area contributed by atoms with Crippen LogP contribution in [0.3, 0.4) is 0 Å². The van der Waals surface area contributed by atoms with Gasteiger partial charge < -0.3 is 18.9 Å². The fourth-order valence-electron chi connectivity index (χ4n) is 2.31. The molecule has 1 rings (SSSR count). The van der Waals surface area contributed by atoms with E-state index < -0.39 is 36.5 Å². The van der Waals surface area contributed by atoms with Gasteiger partial charge in [-0.3, -0.25) is 14.5 Å². The van der Waals surface area contributed by atoms with Crippen LogP contribution in [0.2, 0.25) is 0 Å². The molecule has 0 aromatic heterocycles. The predicted octanol–water partition coefficient (Wildman–Crippen LogP) is 2.03. The van der Waals surface area contributed by atoms with Crippen molar-refractivity contribution in [2.24, 2.45) is 0 Å². The molecule has 0 saturated carbocycles. The highest BCUT2D eigenvalue weighted by atomic mass is 35.5. The largest absolute Gasteiger partial charge is 0.463 e. The Morgan fingerprint density at radius 3 is 2.42 bits per heavy atom. The zero-order valence-corrected chi connectivity index (χ0v) is 14.9. The topological polar surface area (TPSA) is 91.4 Å². The minimum absolute atomic E-state index is 0.00362. The third-order valence-electron chi connectivity index (χ3n) is 3.26. The molecular weight excluding hydrogens is 342 g/mol. The standard InChI is InChI=1S/C15H24ClNO7/c1-4-5-17(9-16)15(20)24-14-7-12(22-11(3)19)6-13(23-14)8-21-10(2)18/h12-14H,4-9H2,1-3H3/t12-,13-,14-/m0/s1. The second-order valence-electron chi connectivity index (χ2n) is 5.46. The van der Waals surface area contributed by atoms with Gasteiger partial charge in [-0.05, 0) is 6.42 Å². The first-order valence-electron chi connectivity index (χ1n) is 7.83. The zero-order chi connectivity index (χ0) is 18.1. The molecule has 3 atom stereocenters. The van der Waals surface area contributed by atoms with Crippen molar-refractivity contribution >= 4 is 29.6 Å². The summed E-state index contributed by atoms with van der Waals surface area (Å²) in [5, 5.41) is 0. The molecule has 24 heavy (non-hydrogen) atoms. The molecule has 0 unspecified atom stereocenters. The maximum absolute atomic E-state index is 12.1. The van der Waals surface area contributed by atoms with E-state index in [4.69, 9.17) is 30.5 Å². The Hall–Kier alpha value is -1.54. The van der Waals surface area contributed by atoms with E-state index in [0.29, 0.717) is 13.0 Å². The van der Waals surface area contributed by atoms with Crippen LogP contribution in [0.1, 0.15) is 40.0 Å². The minimum Gasteiger partial charge on any atom is -0.463 e. The average molecular weight is 366 g/mol. The lowest BCUT2D eigenvalue weighted by Crippen LogP contribution is -2.44. The van der Waals surface area contributed by atoms with Crippen LogP contribution in [0, 0.1) is 0 Å². The Balaban J connectivity index is 2.66. The van der Waals surface area contributed by atoms with Crippen molar-refractivity contribution < 1.29 is 33.3 Å². The van der Waals surface area contributed by atoms with Crippen LogP contribution in [0.15, 0.2) is 0 Å². The Morgan fingerprint density at radius 1 is 1.17 bits per heavy atom. The highest BCUT2D eigenvalue weighted by Crippen LogP contribution is 2.24. The SMILES string of the molecule is CCCN(CCl)C(=O)O[C@H]1C[C@@H](OC(C)=O)C[C@@H](COC(C)=O)O1. The first-order valence-corrected chi connectivity index (χ1v) is 8.36. The van der Waals surface area contributed by atoms with E-state index in [1.807, 2.05) is 6.92 Å². The summed E-state index contributed by atoms with van der Waals surface area (Å²) in [5.74, 6) is -0.885. The quantitative estimate of drug-likeness (QED) is 0.295. The van der Waals surface area contributed by atoms with Crippen molar-refractivity contribution in [3.8, 4) is 0 Å². The Morgan fingerprint density at radius 2 is 1.88 bits per heavy atom. The number of rotatable bonds is 7. The van der Waals surface area contributed by atoms with E-state index >= 15 is 0 Å². The van der Waals surface area contributed by atoms with Gasteiger partial charge in [-0.2, -0.15) is 0 Å². The number of hydrogen-bond acceptors (Lipinski definition) is 7. The molecule has 0 aromatic carbocycles. The third kappa shape index (κ3) is 7.35. The fourth-order valence-corrected chi connectivity index (χ4v) is 2.53. The molecule has 0 aromatic rings. The Bertz CT molecular complexity index is 446. The van der Waals surface area contributed by atoms with Crippen molar-refractivity contribution in [1.82, 2.24) is 4.90 Å². The van der Waals surface area contributed by atoms with Crippen LogP contribution in [-0.4, -0.2) is 60.6 Å². The molecule has 1 heterocycles. The van der Waals surface area contributed by atoms with Gasteiger partial charge in [0.05, 0.1) is 12.1 Å². The van der Waals surface area contributed by atoms with Gasteiger partial charge in [0.2, 0.25) is 6.29 Å². The molecule has 1 fully saturated rings. The summed E-state index contributed by atoms with van der Waals surface area (Å²) in [6.07, 6.45) is -1.21. The Labute approximate surface area is 146 Å². The molecule has 1 aliphatic heterocycles.